The van der Waals surface area contributed by atoms with E-state index in [2.05, 4.69) is 0 Å². The van der Waals surface area contributed by atoms with Crippen molar-refractivity contribution in [3.05, 3.63) is 34.9 Å². The van der Waals surface area contributed by atoms with Crippen molar-refractivity contribution in [2.24, 2.45) is 5.73 Å². The van der Waals surface area contributed by atoms with Crippen LogP contribution in [0.5, 0.6) is 0 Å². The summed E-state index contributed by atoms with van der Waals surface area (Å²) in [6.07, 6.45) is 0.295. The summed E-state index contributed by atoms with van der Waals surface area (Å²) in [5, 5.41) is 9.04. The van der Waals surface area contributed by atoms with Gasteiger partial charge in [0.2, 0.25) is 0 Å². The Bertz CT molecular complexity index is 307. The molecule has 2 nitrogen and oxygen atoms in total. The zero-order chi connectivity index (χ0) is 8.97. The molecule has 1 rings (SSSR count). The van der Waals surface area contributed by atoms with Gasteiger partial charge in [0.25, 0.3) is 0 Å². The molecule has 4 heteroatoms. The van der Waals surface area contributed by atoms with E-state index in [1.54, 1.807) is 6.07 Å². The Morgan fingerprint density at radius 1 is 1.46 bits per heavy atom. The zero-order valence-corrected chi connectivity index (χ0v) is 8.48. The van der Waals surface area contributed by atoms with E-state index in [0.717, 1.165) is 5.56 Å². The van der Waals surface area contributed by atoms with E-state index < -0.39 is 0 Å². The number of hydrogen-bond donors (Lipinski definition) is 1. The first-order chi connectivity index (χ1) is 5.75. The zero-order valence-electron chi connectivity index (χ0n) is 6.90. The van der Waals surface area contributed by atoms with Gasteiger partial charge in [-0.1, -0.05) is 29.8 Å². The van der Waals surface area contributed by atoms with Gasteiger partial charge >= 0.3 is 0 Å². The number of hydrogen-bond acceptors (Lipinski definition) is 2. The van der Waals surface area contributed by atoms with Gasteiger partial charge in [-0.3, -0.25) is 0 Å². The lowest BCUT2D eigenvalue weighted by molar-refractivity contribution is 0.749. The molecule has 0 unspecified atom stereocenters. The molecule has 0 spiro atoms. The summed E-state index contributed by atoms with van der Waals surface area (Å²) in [5.74, 6) is 0. The number of halogens is 2. The van der Waals surface area contributed by atoms with Gasteiger partial charge in [-0.2, -0.15) is 5.26 Å². The predicted octanol–water partition coefficient (Wildman–Crippen LogP) is 2.68. The lowest BCUT2D eigenvalue weighted by Crippen LogP contribution is -2.09. The SMILES string of the molecule is Cl.N#CC[C@@H](N)c1ccccc1Cl. The summed E-state index contributed by atoms with van der Waals surface area (Å²) in [5.41, 5.74) is 6.53. The van der Waals surface area contributed by atoms with Crippen LogP contribution in [0.15, 0.2) is 24.3 Å². The van der Waals surface area contributed by atoms with Gasteiger partial charge in [-0.25, -0.2) is 0 Å². The monoisotopic (exact) mass is 216 g/mol. The molecular weight excluding hydrogens is 207 g/mol. The molecule has 0 bridgehead atoms. The Balaban J connectivity index is 0.00000144. The molecule has 0 heterocycles. The average molecular weight is 217 g/mol. The van der Waals surface area contributed by atoms with Crippen molar-refractivity contribution in [2.75, 3.05) is 0 Å². The topological polar surface area (TPSA) is 49.8 Å². The number of nitriles is 1. The summed E-state index contributed by atoms with van der Waals surface area (Å²) in [6, 6.07) is 9.04. The summed E-state index contributed by atoms with van der Waals surface area (Å²) >= 11 is 5.87. The van der Waals surface area contributed by atoms with Crippen LogP contribution < -0.4 is 5.73 Å². The minimum atomic E-state index is -0.274. The van der Waals surface area contributed by atoms with Crippen LogP contribution in [-0.4, -0.2) is 0 Å². The van der Waals surface area contributed by atoms with Gasteiger partial charge < -0.3 is 5.73 Å². The molecule has 1 atom stereocenters. The van der Waals surface area contributed by atoms with Crippen LogP contribution in [0, 0.1) is 11.3 Å². The fraction of sp³-hybridized carbons (Fsp3) is 0.222. The van der Waals surface area contributed by atoms with Crippen LogP contribution in [0.1, 0.15) is 18.0 Å². The van der Waals surface area contributed by atoms with Crippen LogP contribution in [-0.2, 0) is 0 Å². The number of benzene rings is 1. The van der Waals surface area contributed by atoms with Gasteiger partial charge in [0, 0.05) is 11.1 Å². The second-order valence-corrected chi connectivity index (χ2v) is 2.90. The standard InChI is InChI=1S/C9H9ClN2.ClH/c10-8-4-2-1-3-7(8)9(12)5-6-11;/h1-4,9H,5,12H2;1H/t9-;/m1./s1. The summed E-state index contributed by atoms with van der Waals surface area (Å²) < 4.78 is 0. The Hall–Kier alpha value is -0.750. The molecule has 2 N–H and O–H groups in total. The second-order valence-electron chi connectivity index (χ2n) is 2.49. The molecule has 70 valence electrons. The second kappa shape index (κ2) is 5.82. The molecule has 0 aromatic heterocycles. The van der Waals surface area contributed by atoms with E-state index in [4.69, 9.17) is 22.6 Å². The maximum Gasteiger partial charge on any atom is 0.0641 e. The molecule has 1 aromatic rings. The number of nitrogens with two attached hydrogens (primary N) is 1. The Labute approximate surface area is 88.7 Å². The molecule has 0 amide bonds. The smallest absolute Gasteiger partial charge is 0.0641 e. The van der Waals surface area contributed by atoms with Gasteiger partial charge in [-0.15, -0.1) is 12.4 Å². The first-order valence-corrected chi connectivity index (χ1v) is 4.00. The molecular formula is C9H10Cl2N2. The van der Waals surface area contributed by atoms with E-state index in [9.17, 15) is 0 Å². The van der Waals surface area contributed by atoms with Gasteiger partial charge in [0.05, 0.1) is 12.5 Å². The van der Waals surface area contributed by atoms with E-state index in [-0.39, 0.29) is 18.4 Å². The van der Waals surface area contributed by atoms with Crippen LogP contribution in [0.3, 0.4) is 0 Å². The molecule has 0 radical (unpaired) electrons. The molecule has 13 heavy (non-hydrogen) atoms. The van der Waals surface area contributed by atoms with E-state index in [1.165, 1.54) is 0 Å². The minimum absolute atomic E-state index is 0. The Morgan fingerprint density at radius 2 is 2.08 bits per heavy atom. The molecule has 0 aliphatic heterocycles. The third-order valence-corrected chi connectivity index (χ3v) is 1.96. The maximum atomic E-state index is 8.42. The van der Waals surface area contributed by atoms with E-state index >= 15 is 0 Å². The number of nitrogens with zero attached hydrogens (tertiary/aromatic N) is 1. The first-order valence-electron chi connectivity index (χ1n) is 3.62. The van der Waals surface area contributed by atoms with Crippen molar-refractivity contribution in [2.45, 2.75) is 12.5 Å². The highest BCUT2D eigenvalue weighted by Crippen LogP contribution is 2.22. The quantitative estimate of drug-likeness (QED) is 0.827. The van der Waals surface area contributed by atoms with Crippen molar-refractivity contribution in [1.29, 1.82) is 5.26 Å². The van der Waals surface area contributed by atoms with Crippen molar-refractivity contribution in [1.82, 2.24) is 0 Å². The fourth-order valence-electron chi connectivity index (χ4n) is 0.984. The van der Waals surface area contributed by atoms with Crippen LogP contribution in [0.4, 0.5) is 0 Å². The highest BCUT2D eigenvalue weighted by atomic mass is 35.5. The summed E-state index contributed by atoms with van der Waals surface area (Å²) in [6.45, 7) is 0. The van der Waals surface area contributed by atoms with E-state index in [0.29, 0.717) is 11.4 Å². The first kappa shape index (κ1) is 12.2. The fourth-order valence-corrected chi connectivity index (χ4v) is 1.26. The van der Waals surface area contributed by atoms with E-state index in [1.807, 2.05) is 24.3 Å². The van der Waals surface area contributed by atoms with Crippen molar-refractivity contribution in [3.63, 3.8) is 0 Å². The minimum Gasteiger partial charge on any atom is -0.323 e. The van der Waals surface area contributed by atoms with Gasteiger partial charge in [0.1, 0.15) is 0 Å². The molecule has 0 fully saturated rings. The van der Waals surface area contributed by atoms with Gasteiger partial charge in [0.15, 0.2) is 0 Å². The largest absolute Gasteiger partial charge is 0.323 e. The highest BCUT2D eigenvalue weighted by molar-refractivity contribution is 6.31. The van der Waals surface area contributed by atoms with Crippen molar-refractivity contribution >= 4 is 24.0 Å². The lowest BCUT2D eigenvalue weighted by atomic mass is 10.1. The third kappa shape index (κ3) is 3.23. The molecule has 0 aliphatic rings. The summed E-state index contributed by atoms with van der Waals surface area (Å²) in [7, 11) is 0. The molecule has 0 saturated heterocycles. The normalized spacial score (nSPS) is 11.2. The molecule has 0 saturated carbocycles. The summed E-state index contributed by atoms with van der Waals surface area (Å²) in [4.78, 5) is 0. The Kier molecular flexibility index (Phi) is 5.48. The van der Waals surface area contributed by atoms with Gasteiger partial charge in [-0.05, 0) is 11.6 Å². The van der Waals surface area contributed by atoms with Crippen molar-refractivity contribution < 1.29 is 0 Å². The maximum absolute atomic E-state index is 8.42. The average Bonchev–Trinajstić information content (AvgIpc) is 2.05. The van der Waals surface area contributed by atoms with Crippen molar-refractivity contribution in [3.8, 4) is 6.07 Å². The number of rotatable bonds is 2. The van der Waals surface area contributed by atoms with Crippen LogP contribution in [0.2, 0.25) is 5.02 Å². The predicted molar refractivity (Wildman–Crippen MR) is 55.9 cm³/mol. The third-order valence-electron chi connectivity index (χ3n) is 1.62. The highest BCUT2D eigenvalue weighted by Gasteiger charge is 2.07. The molecule has 1 aromatic carbocycles. The Morgan fingerprint density at radius 3 is 2.62 bits per heavy atom. The lowest BCUT2D eigenvalue weighted by Gasteiger charge is -2.08. The van der Waals surface area contributed by atoms with Crippen LogP contribution >= 0.6 is 24.0 Å². The molecule has 0 aliphatic carbocycles. The van der Waals surface area contributed by atoms with Crippen LogP contribution in [0.25, 0.3) is 0 Å².